The van der Waals surface area contributed by atoms with E-state index in [9.17, 15) is 10.5 Å². The Bertz CT molecular complexity index is 3360. The molecule has 230 valence electrons. The molecular weight excluding hydrogens is 649 g/mol. The van der Waals surface area contributed by atoms with Gasteiger partial charge in [-0.2, -0.15) is 10.5 Å². The summed E-state index contributed by atoms with van der Waals surface area (Å²) in [5, 5.41) is 30.7. The maximum atomic E-state index is 10.8. The van der Waals surface area contributed by atoms with Gasteiger partial charge in [0.1, 0.15) is 6.07 Å². The monoisotopic (exact) mass is 670 g/mol. The Labute approximate surface area is 293 Å². The summed E-state index contributed by atoms with van der Waals surface area (Å²) in [6.45, 7) is 0. The predicted molar refractivity (Wildman–Crippen MR) is 210 cm³/mol. The molecule has 4 nitrogen and oxygen atoms in total. The number of nitrogens with zero attached hydrogens (tertiary/aromatic N) is 4. The molecule has 0 amide bonds. The highest BCUT2D eigenvalue weighted by Gasteiger charge is 2.25. The molecule has 0 spiro atoms. The lowest BCUT2D eigenvalue weighted by molar-refractivity contribution is 1.09. The second-order valence-electron chi connectivity index (χ2n) is 12.7. The van der Waals surface area contributed by atoms with E-state index in [0.29, 0.717) is 11.1 Å². The number of thiophene rings is 2. The molecule has 4 aromatic heterocycles. The molecule has 7 aromatic carbocycles. The summed E-state index contributed by atoms with van der Waals surface area (Å²) in [4.78, 5) is 0. The maximum absolute atomic E-state index is 10.8. The van der Waals surface area contributed by atoms with E-state index in [1.54, 1.807) is 6.07 Å². The topological polar surface area (TPSA) is 57.4 Å². The van der Waals surface area contributed by atoms with Gasteiger partial charge in [0.05, 0.1) is 50.6 Å². The number of rotatable bonds is 2. The number of nitriles is 2. The molecule has 0 unspecified atom stereocenters. The number of fused-ring (bicyclic) bond motifs is 14. The van der Waals surface area contributed by atoms with Gasteiger partial charge in [0.15, 0.2) is 0 Å². The zero-order valence-electron chi connectivity index (χ0n) is 26.3. The fourth-order valence-corrected chi connectivity index (χ4v) is 10.7. The van der Waals surface area contributed by atoms with Crippen molar-refractivity contribution in [3.8, 4) is 23.5 Å². The second-order valence-corrected chi connectivity index (χ2v) is 14.8. The van der Waals surface area contributed by atoms with Crippen molar-refractivity contribution in [3.63, 3.8) is 0 Å². The smallest absolute Gasteiger partial charge is 0.101 e. The highest BCUT2D eigenvalue weighted by Crippen LogP contribution is 2.47. The average Bonchev–Trinajstić information content (AvgIpc) is 3.91. The van der Waals surface area contributed by atoms with Crippen molar-refractivity contribution >= 4 is 107 Å². The van der Waals surface area contributed by atoms with Crippen LogP contribution in [0.15, 0.2) is 133 Å². The quantitative estimate of drug-likeness (QED) is 0.184. The lowest BCUT2D eigenvalue weighted by Crippen LogP contribution is -2.07. The zero-order chi connectivity index (χ0) is 33.1. The van der Waals surface area contributed by atoms with Crippen molar-refractivity contribution in [1.29, 1.82) is 10.5 Å². The highest BCUT2D eigenvalue weighted by molar-refractivity contribution is 7.27. The van der Waals surface area contributed by atoms with Gasteiger partial charge < -0.3 is 9.13 Å². The molecule has 0 radical (unpaired) electrons. The first-order chi connectivity index (χ1) is 24.7. The first-order valence-corrected chi connectivity index (χ1v) is 18.0. The Morgan fingerprint density at radius 2 is 0.940 bits per heavy atom. The molecule has 4 heterocycles. The SMILES string of the molecule is N#Cc1cc(C#N)c(-n2c3ccccc3c3c4sc5ccccc5c4ccc32)c(-n2c3ccccc3c3c4sc5ccccc5c4ccc32)c1. The number of para-hydroxylation sites is 2. The largest absolute Gasteiger partial charge is 0.307 e. The molecule has 0 saturated heterocycles. The summed E-state index contributed by atoms with van der Waals surface area (Å²) in [7, 11) is 0. The highest BCUT2D eigenvalue weighted by atomic mass is 32.1. The van der Waals surface area contributed by atoms with Crippen LogP contribution in [-0.4, -0.2) is 9.13 Å². The van der Waals surface area contributed by atoms with Crippen LogP contribution in [0.5, 0.6) is 0 Å². The van der Waals surface area contributed by atoms with Crippen LogP contribution in [0, 0.1) is 22.7 Å². The van der Waals surface area contributed by atoms with Crippen LogP contribution < -0.4 is 0 Å². The summed E-state index contributed by atoms with van der Waals surface area (Å²) in [5.74, 6) is 0. The fourth-order valence-electron chi connectivity index (χ4n) is 8.14. The minimum Gasteiger partial charge on any atom is -0.307 e. The molecular formula is C44H22N4S2. The van der Waals surface area contributed by atoms with Crippen LogP contribution in [0.25, 0.3) is 95.3 Å². The third-order valence-corrected chi connectivity index (χ3v) is 12.6. The van der Waals surface area contributed by atoms with Gasteiger partial charge >= 0.3 is 0 Å². The molecule has 6 heteroatoms. The Balaban J connectivity index is 1.34. The lowest BCUT2D eigenvalue weighted by atomic mass is 10.1. The minimum absolute atomic E-state index is 0.446. The van der Waals surface area contributed by atoms with Crippen molar-refractivity contribution < 1.29 is 0 Å². The van der Waals surface area contributed by atoms with Crippen LogP contribution in [0.4, 0.5) is 0 Å². The fraction of sp³-hybridized carbons (Fsp3) is 0. The van der Waals surface area contributed by atoms with Gasteiger partial charge in [-0.05, 0) is 48.5 Å². The zero-order valence-corrected chi connectivity index (χ0v) is 27.9. The normalized spacial score (nSPS) is 12.0. The minimum atomic E-state index is 0.446. The van der Waals surface area contributed by atoms with Crippen LogP contribution in [0.1, 0.15) is 11.1 Å². The molecule has 11 aromatic rings. The van der Waals surface area contributed by atoms with Gasteiger partial charge in [0.25, 0.3) is 0 Å². The molecule has 0 aliphatic carbocycles. The summed E-state index contributed by atoms with van der Waals surface area (Å²) in [6.07, 6.45) is 0. The number of hydrogen-bond donors (Lipinski definition) is 0. The van der Waals surface area contributed by atoms with Gasteiger partial charge in [-0.15, -0.1) is 22.7 Å². The molecule has 0 aliphatic rings. The molecule has 0 fully saturated rings. The van der Waals surface area contributed by atoms with Gasteiger partial charge in [0, 0.05) is 61.9 Å². The van der Waals surface area contributed by atoms with Gasteiger partial charge in [-0.25, -0.2) is 0 Å². The summed E-state index contributed by atoms with van der Waals surface area (Å²) >= 11 is 3.63. The Morgan fingerprint density at radius 3 is 1.50 bits per heavy atom. The Morgan fingerprint density at radius 1 is 0.440 bits per heavy atom. The first-order valence-electron chi connectivity index (χ1n) is 16.4. The summed E-state index contributed by atoms with van der Waals surface area (Å²) < 4.78 is 9.49. The van der Waals surface area contributed by atoms with Crippen molar-refractivity contribution in [2.45, 2.75) is 0 Å². The standard InChI is InChI=1S/C44H22N4S2/c45-23-25-21-26(24-46)42(48-34-14-6-2-12-32(34)41-36(48)20-18-30-28-10-4-8-16-39(28)50-44(30)41)37(22-25)47-33-13-5-1-11-31(33)40-35(47)19-17-29-27-9-3-7-15-38(27)49-43(29)40/h1-22H. The predicted octanol–water partition coefficient (Wildman–Crippen LogP) is 12.4. The van der Waals surface area contributed by atoms with E-state index in [-0.39, 0.29) is 0 Å². The van der Waals surface area contributed by atoms with Crippen LogP contribution in [0.3, 0.4) is 0 Å². The van der Waals surface area contributed by atoms with E-state index in [4.69, 9.17) is 0 Å². The molecule has 50 heavy (non-hydrogen) atoms. The van der Waals surface area contributed by atoms with Crippen molar-refractivity contribution in [2.75, 3.05) is 0 Å². The maximum Gasteiger partial charge on any atom is 0.101 e. The Kier molecular flexibility index (Phi) is 5.52. The van der Waals surface area contributed by atoms with E-state index < -0.39 is 0 Å². The van der Waals surface area contributed by atoms with Crippen LogP contribution in [0.2, 0.25) is 0 Å². The van der Waals surface area contributed by atoms with E-state index in [2.05, 4.69) is 143 Å². The average molecular weight is 671 g/mol. The number of hydrogen-bond acceptors (Lipinski definition) is 4. The first kappa shape index (κ1) is 27.5. The molecule has 11 rings (SSSR count). The van der Waals surface area contributed by atoms with Gasteiger partial charge in [-0.1, -0.05) is 84.9 Å². The van der Waals surface area contributed by atoms with Crippen molar-refractivity contribution in [3.05, 3.63) is 145 Å². The third-order valence-electron chi connectivity index (χ3n) is 10.2. The molecule has 0 atom stereocenters. The van der Waals surface area contributed by atoms with Crippen LogP contribution >= 0.6 is 22.7 Å². The van der Waals surface area contributed by atoms with Crippen molar-refractivity contribution in [2.24, 2.45) is 0 Å². The van der Waals surface area contributed by atoms with Crippen molar-refractivity contribution in [1.82, 2.24) is 9.13 Å². The Hall–Kier alpha value is -6.44. The summed E-state index contributed by atoms with van der Waals surface area (Å²) in [6, 6.07) is 51.6. The number of aromatic nitrogens is 2. The molecule has 0 N–H and O–H groups in total. The lowest BCUT2D eigenvalue weighted by Gasteiger charge is -2.18. The molecule has 0 bridgehead atoms. The van der Waals surface area contributed by atoms with Gasteiger partial charge in [0.2, 0.25) is 0 Å². The van der Waals surface area contributed by atoms with Gasteiger partial charge in [-0.3, -0.25) is 0 Å². The third kappa shape index (κ3) is 3.51. The number of benzene rings is 7. The van der Waals surface area contributed by atoms with E-state index in [0.717, 1.165) is 44.2 Å². The molecule has 0 saturated carbocycles. The van der Waals surface area contributed by atoms with E-state index in [1.807, 2.05) is 28.7 Å². The second kappa shape index (κ2) is 10.0. The van der Waals surface area contributed by atoms with E-state index in [1.165, 1.54) is 51.1 Å². The summed E-state index contributed by atoms with van der Waals surface area (Å²) in [5.41, 5.74) is 6.57. The van der Waals surface area contributed by atoms with Crippen LogP contribution in [-0.2, 0) is 0 Å². The van der Waals surface area contributed by atoms with E-state index >= 15 is 0 Å². The molecule has 0 aliphatic heterocycles.